The number of ether oxygens (including phenoxy) is 2. The highest BCUT2D eigenvalue weighted by molar-refractivity contribution is 5.70. The van der Waals surface area contributed by atoms with Gasteiger partial charge in [0.15, 0.2) is 0 Å². The molecule has 25 heavy (non-hydrogen) atoms. The second-order valence-electron chi connectivity index (χ2n) is 8.56. The van der Waals surface area contributed by atoms with Gasteiger partial charge in [-0.15, -0.1) is 0 Å². The van der Waals surface area contributed by atoms with Gasteiger partial charge in [0.1, 0.15) is 11.2 Å². The quantitative estimate of drug-likeness (QED) is 0.526. The van der Waals surface area contributed by atoms with Crippen LogP contribution in [-0.4, -0.2) is 69.8 Å². The molecule has 0 spiro atoms. The van der Waals surface area contributed by atoms with Crippen LogP contribution in [0.1, 0.15) is 48.5 Å². The smallest absolute Gasteiger partial charge is 0.410 e. The lowest BCUT2D eigenvalue weighted by atomic mass is 10.0. The van der Waals surface area contributed by atoms with Crippen LogP contribution in [0.3, 0.4) is 0 Å². The summed E-state index contributed by atoms with van der Waals surface area (Å²) in [5.74, 6) is 0. The molecule has 0 aromatic rings. The van der Waals surface area contributed by atoms with Crippen molar-refractivity contribution in [1.82, 2.24) is 9.80 Å². The molecule has 144 valence electrons. The Bertz CT molecular complexity index is 497. The standard InChI is InChI=1S/C16H29N3O6/c1-14(2,3)24-12(20)17-8-9-18(13(21)25-15(4,5)6)11-16(7,10-17)19(22)23/h8-11H2,1-7H3. The lowest BCUT2D eigenvalue weighted by molar-refractivity contribution is -0.564. The molecule has 2 amide bonds. The number of hydrogen-bond acceptors (Lipinski definition) is 6. The van der Waals surface area contributed by atoms with Crippen molar-refractivity contribution >= 4 is 12.2 Å². The van der Waals surface area contributed by atoms with Crippen molar-refractivity contribution in [3.8, 4) is 0 Å². The van der Waals surface area contributed by atoms with Gasteiger partial charge in [-0.05, 0) is 41.5 Å². The average Bonchev–Trinajstić information content (AvgIpc) is 2.55. The van der Waals surface area contributed by atoms with Gasteiger partial charge in [0.25, 0.3) is 5.54 Å². The van der Waals surface area contributed by atoms with Crippen molar-refractivity contribution < 1.29 is 24.0 Å². The number of carbonyl (C=O) groups excluding carboxylic acids is 2. The molecule has 0 atom stereocenters. The summed E-state index contributed by atoms with van der Waals surface area (Å²) in [6, 6.07) is 0. The molecule has 0 aromatic carbocycles. The Balaban J connectivity index is 3.00. The molecule has 1 aliphatic rings. The van der Waals surface area contributed by atoms with Crippen LogP contribution in [0.15, 0.2) is 0 Å². The minimum atomic E-state index is -1.51. The summed E-state index contributed by atoms with van der Waals surface area (Å²) in [5.41, 5.74) is -2.93. The van der Waals surface area contributed by atoms with E-state index in [1.165, 1.54) is 16.7 Å². The number of hydrogen-bond donors (Lipinski definition) is 0. The molecule has 0 N–H and O–H groups in total. The first kappa shape index (κ1) is 21.0. The van der Waals surface area contributed by atoms with E-state index in [1.807, 2.05) is 0 Å². The van der Waals surface area contributed by atoms with Gasteiger partial charge in [0, 0.05) is 24.9 Å². The Kier molecular flexibility index (Phi) is 5.92. The van der Waals surface area contributed by atoms with E-state index in [2.05, 4.69) is 0 Å². The number of rotatable bonds is 1. The number of amides is 2. The molecule has 0 aromatic heterocycles. The van der Waals surface area contributed by atoms with Crippen LogP contribution in [0, 0.1) is 10.1 Å². The van der Waals surface area contributed by atoms with E-state index in [1.54, 1.807) is 41.5 Å². The maximum atomic E-state index is 12.3. The van der Waals surface area contributed by atoms with Crippen LogP contribution >= 0.6 is 0 Å². The van der Waals surface area contributed by atoms with E-state index >= 15 is 0 Å². The zero-order chi connectivity index (χ0) is 19.6. The molecule has 9 heteroatoms. The third-order valence-corrected chi connectivity index (χ3v) is 3.45. The third kappa shape index (κ3) is 6.39. The molecule has 0 saturated carbocycles. The first-order valence-corrected chi connectivity index (χ1v) is 8.23. The van der Waals surface area contributed by atoms with Crippen molar-refractivity contribution in [1.29, 1.82) is 0 Å². The highest BCUT2D eigenvalue weighted by Gasteiger charge is 2.46. The fourth-order valence-electron chi connectivity index (χ4n) is 2.35. The first-order chi connectivity index (χ1) is 11.1. The number of carbonyl (C=O) groups is 2. The molecule has 1 aliphatic heterocycles. The zero-order valence-corrected chi connectivity index (χ0v) is 16.1. The number of nitro groups is 1. The summed E-state index contributed by atoms with van der Waals surface area (Å²) >= 11 is 0. The van der Waals surface area contributed by atoms with Crippen LogP contribution in [0.5, 0.6) is 0 Å². The van der Waals surface area contributed by atoms with E-state index in [9.17, 15) is 19.7 Å². The van der Waals surface area contributed by atoms with Gasteiger partial charge in [-0.3, -0.25) is 19.9 Å². The van der Waals surface area contributed by atoms with Gasteiger partial charge in [-0.1, -0.05) is 0 Å². The van der Waals surface area contributed by atoms with Crippen molar-refractivity contribution in [2.75, 3.05) is 26.2 Å². The minimum Gasteiger partial charge on any atom is -0.444 e. The number of nitrogens with zero attached hydrogens (tertiary/aromatic N) is 3. The van der Waals surface area contributed by atoms with Crippen LogP contribution in [0.25, 0.3) is 0 Å². The van der Waals surface area contributed by atoms with Crippen LogP contribution in [-0.2, 0) is 9.47 Å². The van der Waals surface area contributed by atoms with E-state index < -0.39 is 33.9 Å². The Morgan fingerprint density at radius 2 is 1.24 bits per heavy atom. The Morgan fingerprint density at radius 1 is 0.920 bits per heavy atom. The second kappa shape index (κ2) is 7.05. The zero-order valence-electron chi connectivity index (χ0n) is 16.1. The Morgan fingerprint density at radius 3 is 1.48 bits per heavy atom. The summed E-state index contributed by atoms with van der Waals surface area (Å²) in [7, 11) is 0. The van der Waals surface area contributed by atoms with E-state index in [0.29, 0.717) is 0 Å². The predicted molar refractivity (Wildman–Crippen MR) is 91.0 cm³/mol. The maximum absolute atomic E-state index is 12.3. The average molecular weight is 359 g/mol. The van der Waals surface area contributed by atoms with Gasteiger partial charge in [0.2, 0.25) is 0 Å². The van der Waals surface area contributed by atoms with Crippen LogP contribution in [0.2, 0.25) is 0 Å². The van der Waals surface area contributed by atoms with E-state index in [4.69, 9.17) is 9.47 Å². The van der Waals surface area contributed by atoms with Gasteiger partial charge >= 0.3 is 12.2 Å². The normalized spacial score (nSPS) is 18.4. The Labute approximate surface area is 148 Å². The molecular weight excluding hydrogens is 330 g/mol. The third-order valence-electron chi connectivity index (χ3n) is 3.45. The minimum absolute atomic E-state index is 0.136. The van der Waals surface area contributed by atoms with Gasteiger partial charge in [-0.25, -0.2) is 9.59 Å². The van der Waals surface area contributed by atoms with Gasteiger partial charge in [-0.2, -0.15) is 0 Å². The molecule has 1 rings (SSSR count). The highest BCUT2D eigenvalue weighted by atomic mass is 16.6. The summed E-state index contributed by atoms with van der Waals surface area (Å²) in [6.07, 6.45) is -1.27. The summed E-state index contributed by atoms with van der Waals surface area (Å²) in [6.45, 7) is 11.7. The molecular formula is C16H29N3O6. The fraction of sp³-hybridized carbons (Fsp3) is 0.875. The van der Waals surface area contributed by atoms with Crippen LogP contribution < -0.4 is 0 Å². The molecule has 1 heterocycles. The summed E-state index contributed by atoms with van der Waals surface area (Å²) < 4.78 is 10.6. The second-order valence-corrected chi connectivity index (χ2v) is 8.56. The molecule has 9 nitrogen and oxygen atoms in total. The molecule has 0 radical (unpaired) electrons. The fourth-order valence-corrected chi connectivity index (χ4v) is 2.35. The van der Waals surface area contributed by atoms with Crippen molar-refractivity contribution in [3.05, 3.63) is 10.1 Å². The van der Waals surface area contributed by atoms with Crippen LogP contribution in [0.4, 0.5) is 9.59 Å². The van der Waals surface area contributed by atoms with Gasteiger partial charge < -0.3 is 9.47 Å². The Hall–Kier alpha value is -2.06. The van der Waals surface area contributed by atoms with E-state index in [-0.39, 0.29) is 26.2 Å². The summed E-state index contributed by atoms with van der Waals surface area (Å²) in [4.78, 5) is 38.3. The molecule has 1 saturated heterocycles. The largest absolute Gasteiger partial charge is 0.444 e. The topological polar surface area (TPSA) is 102 Å². The molecule has 0 aliphatic carbocycles. The molecule has 0 bridgehead atoms. The summed E-state index contributed by atoms with van der Waals surface area (Å²) in [5, 5.41) is 11.6. The van der Waals surface area contributed by atoms with E-state index in [0.717, 1.165) is 0 Å². The molecule has 0 unspecified atom stereocenters. The molecule has 1 fully saturated rings. The lowest BCUT2D eigenvalue weighted by Gasteiger charge is -2.29. The SMILES string of the molecule is CC(C)(C)OC(=O)N1CCN(C(=O)OC(C)(C)C)CC(C)([N+](=O)[O-])C1. The first-order valence-electron chi connectivity index (χ1n) is 8.23. The highest BCUT2D eigenvalue weighted by Crippen LogP contribution is 2.21. The lowest BCUT2D eigenvalue weighted by Crippen LogP contribution is -2.53. The monoisotopic (exact) mass is 359 g/mol. The van der Waals surface area contributed by atoms with Crippen molar-refractivity contribution in [2.45, 2.75) is 65.2 Å². The van der Waals surface area contributed by atoms with Gasteiger partial charge in [0.05, 0.1) is 13.1 Å². The predicted octanol–water partition coefficient (Wildman–Crippen LogP) is 2.51. The maximum Gasteiger partial charge on any atom is 0.410 e. The van der Waals surface area contributed by atoms with Crippen molar-refractivity contribution in [3.63, 3.8) is 0 Å². The van der Waals surface area contributed by atoms with Crippen molar-refractivity contribution in [2.24, 2.45) is 0 Å².